The van der Waals surface area contributed by atoms with Gasteiger partial charge in [-0.25, -0.2) is 0 Å². The van der Waals surface area contributed by atoms with E-state index in [-0.39, 0.29) is 5.75 Å². The number of benzene rings is 2. The fraction of sp³-hybridized carbons (Fsp3) is 0.294. The van der Waals surface area contributed by atoms with Crippen LogP contribution in [0.3, 0.4) is 0 Å². The van der Waals surface area contributed by atoms with Crippen molar-refractivity contribution < 1.29 is 13.5 Å². The summed E-state index contributed by atoms with van der Waals surface area (Å²) >= 11 is 0. The highest BCUT2D eigenvalue weighted by atomic mass is 19.3. The molecule has 0 heterocycles. The Balaban J connectivity index is 2.17. The van der Waals surface area contributed by atoms with Crippen LogP contribution in [0.1, 0.15) is 22.3 Å². The number of rotatable bonds is 5. The zero-order chi connectivity index (χ0) is 15.4. The van der Waals surface area contributed by atoms with Crippen molar-refractivity contribution in [2.24, 2.45) is 0 Å². The van der Waals surface area contributed by atoms with Gasteiger partial charge < -0.3 is 10.1 Å². The van der Waals surface area contributed by atoms with Crippen LogP contribution in [0.2, 0.25) is 0 Å². The van der Waals surface area contributed by atoms with Gasteiger partial charge in [-0.15, -0.1) is 0 Å². The SMILES string of the molecule is Cc1cc(C)c(NCc2ccccc2OC(F)F)c(C)c1. The summed E-state index contributed by atoms with van der Waals surface area (Å²) in [6, 6.07) is 11.0. The normalized spacial score (nSPS) is 10.8. The lowest BCUT2D eigenvalue weighted by Gasteiger charge is -2.16. The zero-order valence-electron chi connectivity index (χ0n) is 12.4. The van der Waals surface area contributed by atoms with E-state index in [4.69, 9.17) is 0 Å². The van der Waals surface area contributed by atoms with Gasteiger partial charge in [0.15, 0.2) is 0 Å². The largest absolute Gasteiger partial charge is 0.434 e. The van der Waals surface area contributed by atoms with E-state index >= 15 is 0 Å². The molecule has 2 aromatic carbocycles. The number of hydrogen-bond donors (Lipinski definition) is 1. The maximum atomic E-state index is 12.4. The molecular weight excluding hydrogens is 272 g/mol. The summed E-state index contributed by atoms with van der Waals surface area (Å²) in [6.45, 7) is 3.74. The second-order valence-corrected chi connectivity index (χ2v) is 5.11. The van der Waals surface area contributed by atoms with Crippen molar-refractivity contribution in [2.45, 2.75) is 33.9 Å². The van der Waals surface area contributed by atoms with Crippen LogP contribution < -0.4 is 10.1 Å². The molecule has 2 rings (SSSR count). The lowest BCUT2D eigenvalue weighted by molar-refractivity contribution is -0.0504. The molecule has 21 heavy (non-hydrogen) atoms. The molecule has 0 unspecified atom stereocenters. The van der Waals surface area contributed by atoms with E-state index in [1.807, 2.05) is 19.9 Å². The van der Waals surface area contributed by atoms with Crippen LogP contribution in [0.4, 0.5) is 14.5 Å². The number of ether oxygens (including phenoxy) is 1. The number of nitrogens with one attached hydrogen (secondary N) is 1. The Kier molecular flexibility index (Phi) is 4.78. The summed E-state index contributed by atoms with van der Waals surface area (Å²) in [7, 11) is 0. The lowest BCUT2D eigenvalue weighted by Crippen LogP contribution is -2.08. The number of aryl methyl sites for hydroxylation is 3. The molecule has 0 atom stereocenters. The quantitative estimate of drug-likeness (QED) is 0.852. The van der Waals surface area contributed by atoms with Gasteiger partial charge in [0.1, 0.15) is 5.75 Å². The van der Waals surface area contributed by atoms with Crippen LogP contribution in [0.15, 0.2) is 36.4 Å². The smallest absolute Gasteiger partial charge is 0.387 e. The molecule has 0 aliphatic heterocycles. The van der Waals surface area contributed by atoms with Gasteiger partial charge >= 0.3 is 6.61 Å². The summed E-state index contributed by atoms with van der Waals surface area (Å²) in [5, 5.41) is 3.31. The fourth-order valence-corrected chi connectivity index (χ4v) is 2.50. The maximum Gasteiger partial charge on any atom is 0.387 e. The molecule has 0 amide bonds. The molecule has 0 saturated heterocycles. The van der Waals surface area contributed by atoms with Crippen molar-refractivity contribution in [1.82, 2.24) is 0 Å². The van der Waals surface area contributed by atoms with Crippen molar-refractivity contribution in [3.63, 3.8) is 0 Å². The van der Waals surface area contributed by atoms with Crippen molar-refractivity contribution in [1.29, 1.82) is 0 Å². The Hall–Kier alpha value is -2.10. The summed E-state index contributed by atoms with van der Waals surface area (Å²) in [5.74, 6) is 0.211. The van der Waals surface area contributed by atoms with E-state index in [9.17, 15) is 8.78 Å². The first kappa shape index (κ1) is 15.3. The number of para-hydroxylation sites is 1. The first-order valence-corrected chi connectivity index (χ1v) is 6.82. The first-order valence-electron chi connectivity index (χ1n) is 6.82. The van der Waals surface area contributed by atoms with Crippen LogP contribution in [0.5, 0.6) is 5.75 Å². The third kappa shape index (κ3) is 3.94. The van der Waals surface area contributed by atoms with Crippen LogP contribution >= 0.6 is 0 Å². The van der Waals surface area contributed by atoms with Gasteiger partial charge in [0.05, 0.1) is 0 Å². The minimum Gasteiger partial charge on any atom is -0.434 e. The van der Waals surface area contributed by atoms with Crippen LogP contribution in [0, 0.1) is 20.8 Å². The van der Waals surface area contributed by atoms with Crippen molar-refractivity contribution >= 4 is 5.69 Å². The van der Waals surface area contributed by atoms with Gasteiger partial charge in [-0.3, -0.25) is 0 Å². The predicted molar refractivity (Wildman–Crippen MR) is 81.1 cm³/mol. The van der Waals surface area contributed by atoms with Crippen molar-refractivity contribution in [2.75, 3.05) is 5.32 Å². The average molecular weight is 291 g/mol. The lowest BCUT2D eigenvalue weighted by atomic mass is 10.0. The second kappa shape index (κ2) is 6.57. The number of hydrogen-bond acceptors (Lipinski definition) is 2. The molecule has 1 N–H and O–H groups in total. The molecule has 0 aliphatic carbocycles. The van der Waals surface area contributed by atoms with Gasteiger partial charge in [-0.2, -0.15) is 8.78 Å². The standard InChI is InChI=1S/C17H19F2NO/c1-11-8-12(2)16(13(3)9-11)20-10-14-6-4-5-7-15(14)21-17(18)19/h4-9,17,20H,10H2,1-3H3. The molecule has 0 spiro atoms. The Bertz CT molecular complexity index is 603. The molecule has 0 aromatic heterocycles. The highest BCUT2D eigenvalue weighted by molar-refractivity contribution is 5.58. The molecule has 2 aromatic rings. The van der Waals surface area contributed by atoms with Gasteiger partial charge in [0, 0.05) is 17.8 Å². The molecule has 0 bridgehead atoms. The highest BCUT2D eigenvalue weighted by Crippen LogP contribution is 2.25. The van der Waals surface area contributed by atoms with Gasteiger partial charge in [0.2, 0.25) is 0 Å². The van der Waals surface area contributed by atoms with Crippen LogP contribution in [0.25, 0.3) is 0 Å². The van der Waals surface area contributed by atoms with E-state index in [1.165, 1.54) is 5.56 Å². The average Bonchev–Trinajstić information content (AvgIpc) is 2.38. The van der Waals surface area contributed by atoms with Gasteiger partial charge in [-0.05, 0) is 38.0 Å². The molecule has 0 fully saturated rings. The molecule has 112 valence electrons. The third-order valence-corrected chi connectivity index (χ3v) is 3.32. The molecule has 4 heteroatoms. The third-order valence-electron chi connectivity index (χ3n) is 3.32. The van der Waals surface area contributed by atoms with Crippen molar-refractivity contribution in [3.05, 3.63) is 58.7 Å². The van der Waals surface area contributed by atoms with Crippen LogP contribution in [-0.2, 0) is 6.54 Å². The van der Waals surface area contributed by atoms with Crippen LogP contribution in [-0.4, -0.2) is 6.61 Å². The minimum absolute atomic E-state index is 0.211. The molecular formula is C17H19F2NO. The Morgan fingerprint density at radius 2 is 1.67 bits per heavy atom. The number of alkyl halides is 2. The topological polar surface area (TPSA) is 21.3 Å². The summed E-state index contributed by atoms with van der Waals surface area (Å²) < 4.78 is 29.3. The van der Waals surface area contributed by atoms with Gasteiger partial charge in [-0.1, -0.05) is 35.9 Å². The predicted octanol–water partition coefficient (Wildman–Crippen LogP) is 4.83. The molecule has 0 radical (unpaired) electrons. The number of anilines is 1. The summed E-state index contributed by atoms with van der Waals surface area (Å²) in [6.07, 6.45) is 0. The molecule has 0 aliphatic rings. The molecule has 0 saturated carbocycles. The second-order valence-electron chi connectivity index (χ2n) is 5.11. The van der Waals surface area contributed by atoms with E-state index < -0.39 is 6.61 Å². The Labute approximate surface area is 123 Å². The van der Waals surface area contributed by atoms with Crippen molar-refractivity contribution in [3.8, 4) is 5.75 Å². The van der Waals surface area contributed by atoms with E-state index in [0.29, 0.717) is 12.1 Å². The Morgan fingerprint density at radius 3 is 2.29 bits per heavy atom. The summed E-state index contributed by atoms with van der Waals surface area (Å²) in [5.41, 5.74) is 5.22. The minimum atomic E-state index is -2.81. The number of halogens is 2. The monoisotopic (exact) mass is 291 g/mol. The fourth-order valence-electron chi connectivity index (χ4n) is 2.50. The van der Waals surface area contributed by atoms with E-state index in [0.717, 1.165) is 16.8 Å². The van der Waals surface area contributed by atoms with E-state index in [2.05, 4.69) is 29.1 Å². The summed E-state index contributed by atoms with van der Waals surface area (Å²) in [4.78, 5) is 0. The Morgan fingerprint density at radius 1 is 1.05 bits per heavy atom. The zero-order valence-corrected chi connectivity index (χ0v) is 12.4. The maximum absolute atomic E-state index is 12.4. The molecule has 2 nitrogen and oxygen atoms in total. The van der Waals surface area contributed by atoms with Gasteiger partial charge in [0.25, 0.3) is 0 Å². The van der Waals surface area contributed by atoms with E-state index in [1.54, 1.807) is 18.2 Å². The highest BCUT2D eigenvalue weighted by Gasteiger charge is 2.10. The first-order chi connectivity index (χ1) is 9.97.